The smallest absolute Gasteiger partial charge is 0.224 e. The minimum absolute atomic E-state index is 0.134. The maximum atomic E-state index is 12.7. The highest BCUT2D eigenvalue weighted by molar-refractivity contribution is 5.85. The van der Waals surface area contributed by atoms with Crippen molar-refractivity contribution in [2.75, 3.05) is 19.6 Å². The number of benzene rings is 1. The zero-order chi connectivity index (χ0) is 20.9. The van der Waals surface area contributed by atoms with Crippen LogP contribution in [0.5, 0.6) is 0 Å². The maximum Gasteiger partial charge on any atom is 0.224 e. The molecule has 0 spiro atoms. The van der Waals surface area contributed by atoms with E-state index < -0.39 is 0 Å². The Labute approximate surface area is 176 Å². The van der Waals surface area contributed by atoms with Gasteiger partial charge in [0.05, 0.1) is 11.7 Å². The van der Waals surface area contributed by atoms with Crippen molar-refractivity contribution in [3.8, 4) is 11.3 Å². The topological polar surface area (TPSA) is 93.4 Å². The third-order valence-electron chi connectivity index (χ3n) is 5.69. The number of nitrogens with two attached hydrogens (primary N) is 2. The number of hydrazine groups is 1. The minimum Gasteiger partial charge on any atom is -0.403 e. The first kappa shape index (κ1) is 20.0. The van der Waals surface area contributed by atoms with E-state index in [1.165, 1.54) is 22.1 Å². The zero-order valence-electron chi connectivity index (χ0n) is 17.0. The Kier molecular flexibility index (Phi) is 5.99. The lowest BCUT2D eigenvalue weighted by Gasteiger charge is -2.34. The molecule has 1 saturated heterocycles. The number of nitrogens with zero attached hydrogens (tertiary/aromatic N) is 4. The SMILES string of the molecule is N/C=C\N(N)CCC(=O)N1CCCC(n2ccc3cc(-c4ccccn4)ccc32)C1. The van der Waals surface area contributed by atoms with Crippen LogP contribution in [0.2, 0.25) is 0 Å². The van der Waals surface area contributed by atoms with Crippen LogP contribution in [-0.4, -0.2) is 45.0 Å². The monoisotopic (exact) mass is 404 g/mol. The molecule has 4 rings (SSSR count). The number of hydrogen-bond acceptors (Lipinski definition) is 5. The normalized spacial score (nSPS) is 17.0. The van der Waals surface area contributed by atoms with Crippen LogP contribution in [0.1, 0.15) is 25.3 Å². The number of carbonyl (C=O) groups is 1. The predicted octanol–water partition coefficient (Wildman–Crippen LogP) is 2.86. The van der Waals surface area contributed by atoms with E-state index in [9.17, 15) is 4.79 Å². The molecule has 4 N–H and O–H groups in total. The van der Waals surface area contributed by atoms with E-state index in [1.54, 1.807) is 6.20 Å². The summed E-state index contributed by atoms with van der Waals surface area (Å²) in [6.07, 6.45) is 9.34. The van der Waals surface area contributed by atoms with Crippen LogP contribution in [0.3, 0.4) is 0 Å². The summed E-state index contributed by atoms with van der Waals surface area (Å²) in [4.78, 5) is 19.1. The summed E-state index contributed by atoms with van der Waals surface area (Å²) >= 11 is 0. The van der Waals surface area contributed by atoms with E-state index in [-0.39, 0.29) is 11.9 Å². The number of rotatable bonds is 6. The zero-order valence-corrected chi connectivity index (χ0v) is 17.0. The van der Waals surface area contributed by atoms with Gasteiger partial charge < -0.3 is 20.2 Å². The van der Waals surface area contributed by atoms with Gasteiger partial charge in [0.25, 0.3) is 0 Å². The fraction of sp³-hybridized carbons (Fsp3) is 0.304. The quantitative estimate of drug-likeness (QED) is 0.487. The number of amides is 1. The van der Waals surface area contributed by atoms with E-state index in [1.807, 2.05) is 29.3 Å². The Hall–Kier alpha value is -3.32. The molecule has 1 aliphatic heterocycles. The van der Waals surface area contributed by atoms with Crippen LogP contribution >= 0.6 is 0 Å². The van der Waals surface area contributed by atoms with Crippen molar-refractivity contribution in [2.45, 2.75) is 25.3 Å². The molecular weight excluding hydrogens is 376 g/mol. The molecule has 1 aliphatic rings. The van der Waals surface area contributed by atoms with Crippen LogP contribution in [0.15, 0.2) is 67.3 Å². The Morgan fingerprint density at radius 2 is 2.17 bits per heavy atom. The van der Waals surface area contributed by atoms with Gasteiger partial charge in [-0.2, -0.15) is 0 Å². The number of pyridine rings is 1. The first-order valence-electron chi connectivity index (χ1n) is 10.4. The number of aromatic nitrogens is 2. The van der Waals surface area contributed by atoms with Crippen molar-refractivity contribution in [2.24, 2.45) is 11.6 Å². The first-order valence-corrected chi connectivity index (χ1v) is 10.4. The summed E-state index contributed by atoms with van der Waals surface area (Å²) in [5, 5.41) is 2.63. The largest absolute Gasteiger partial charge is 0.403 e. The molecule has 0 radical (unpaired) electrons. The van der Waals surface area contributed by atoms with Crippen molar-refractivity contribution in [3.05, 3.63) is 67.3 Å². The van der Waals surface area contributed by atoms with Crippen LogP contribution < -0.4 is 11.6 Å². The summed E-state index contributed by atoms with van der Waals surface area (Å²) in [7, 11) is 0. The third kappa shape index (κ3) is 4.31. The molecule has 156 valence electrons. The van der Waals surface area contributed by atoms with E-state index in [4.69, 9.17) is 11.6 Å². The molecule has 3 heterocycles. The lowest BCUT2D eigenvalue weighted by Crippen LogP contribution is -2.42. The average molecular weight is 405 g/mol. The molecule has 30 heavy (non-hydrogen) atoms. The molecule has 0 aliphatic carbocycles. The number of likely N-dealkylation sites (tertiary alicyclic amines) is 1. The molecule has 3 aromatic rings. The second kappa shape index (κ2) is 9.00. The average Bonchev–Trinajstić information content (AvgIpc) is 3.21. The molecular formula is C23H28N6O. The standard InChI is InChI=1S/C23H28N6O/c24-10-15-28(25)13-9-23(30)27-12-3-4-20(17-27)29-14-8-19-16-18(6-7-22(19)29)21-5-1-2-11-26-21/h1-2,5-8,10-11,14-16,20H,3-4,9,12-13,17,24-25H2/b15-10-. The highest BCUT2D eigenvalue weighted by Crippen LogP contribution is 2.29. The fourth-order valence-corrected chi connectivity index (χ4v) is 4.15. The van der Waals surface area contributed by atoms with Gasteiger partial charge in [-0.1, -0.05) is 12.1 Å². The number of piperidine rings is 1. The second-order valence-electron chi connectivity index (χ2n) is 7.68. The summed E-state index contributed by atoms with van der Waals surface area (Å²) in [6.45, 7) is 1.98. The Morgan fingerprint density at radius 3 is 2.97 bits per heavy atom. The van der Waals surface area contributed by atoms with Crippen LogP contribution in [0.4, 0.5) is 0 Å². The molecule has 1 aromatic carbocycles. The maximum absolute atomic E-state index is 12.7. The van der Waals surface area contributed by atoms with Gasteiger partial charge in [-0.3, -0.25) is 9.78 Å². The highest BCUT2D eigenvalue weighted by Gasteiger charge is 2.25. The Balaban J connectivity index is 1.47. The molecule has 1 atom stereocenters. The van der Waals surface area contributed by atoms with Gasteiger partial charge >= 0.3 is 0 Å². The van der Waals surface area contributed by atoms with Gasteiger partial charge in [0.2, 0.25) is 5.91 Å². The van der Waals surface area contributed by atoms with Crippen LogP contribution in [0.25, 0.3) is 22.2 Å². The van der Waals surface area contributed by atoms with Crippen LogP contribution in [0, 0.1) is 0 Å². The number of hydrogen-bond donors (Lipinski definition) is 2. The van der Waals surface area contributed by atoms with Gasteiger partial charge in [-0.05, 0) is 43.2 Å². The Morgan fingerprint density at radius 1 is 1.27 bits per heavy atom. The molecule has 7 heteroatoms. The molecule has 0 saturated carbocycles. The number of fused-ring (bicyclic) bond motifs is 1. The molecule has 1 amide bonds. The first-order chi connectivity index (χ1) is 14.7. The summed E-state index contributed by atoms with van der Waals surface area (Å²) in [5.74, 6) is 5.90. The van der Waals surface area contributed by atoms with Crippen LogP contribution in [-0.2, 0) is 4.79 Å². The summed E-state index contributed by atoms with van der Waals surface area (Å²) in [6, 6.07) is 14.8. The van der Waals surface area contributed by atoms with Gasteiger partial charge in [0, 0.05) is 67.3 Å². The highest BCUT2D eigenvalue weighted by atomic mass is 16.2. The van der Waals surface area contributed by atoms with E-state index in [2.05, 4.69) is 40.0 Å². The van der Waals surface area contributed by atoms with Gasteiger partial charge in [-0.15, -0.1) is 0 Å². The lowest BCUT2D eigenvalue weighted by molar-refractivity contribution is -0.133. The molecule has 0 bridgehead atoms. The number of carbonyl (C=O) groups excluding carboxylic acids is 1. The lowest BCUT2D eigenvalue weighted by atomic mass is 10.0. The van der Waals surface area contributed by atoms with Gasteiger partial charge in [0.1, 0.15) is 0 Å². The van der Waals surface area contributed by atoms with Crippen molar-refractivity contribution in [1.29, 1.82) is 0 Å². The molecule has 2 aromatic heterocycles. The molecule has 1 fully saturated rings. The van der Waals surface area contributed by atoms with E-state index in [0.29, 0.717) is 13.0 Å². The molecule has 1 unspecified atom stereocenters. The summed E-state index contributed by atoms with van der Waals surface area (Å²) in [5.41, 5.74) is 8.61. The second-order valence-corrected chi connectivity index (χ2v) is 7.68. The Bertz CT molecular complexity index is 1030. The minimum atomic E-state index is 0.134. The van der Waals surface area contributed by atoms with Crippen molar-refractivity contribution in [3.63, 3.8) is 0 Å². The third-order valence-corrected chi connectivity index (χ3v) is 5.69. The van der Waals surface area contributed by atoms with Crippen molar-refractivity contribution in [1.82, 2.24) is 19.5 Å². The van der Waals surface area contributed by atoms with Crippen molar-refractivity contribution < 1.29 is 4.79 Å². The van der Waals surface area contributed by atoms with Gasteiger partial charge in [0.15, 0.2) is 0 Å². The van der Waals surface area contributed by atoms with Gasteiger partial charge in [-0.25, -0.2) is 5.84 Å². The summed E-state index contributed by atoms with van der Waals surface area (Å²) < 4.78 is 2.31. The van der Waals surface area contributed by atoms with E-state index >= 15 is 0 Å². The fourth-order valence-electron chi connectivity index (χ4n) is 4.15. The predicted molar refractivity (Wildman–Crippen MR) is 119 cm³/mol. The molecule has 7 nitrogen and oxygen atoms in total. The van der Waals surface area contributed by atoms with Crippen molar-refractivity contribution >= 4 is 16.8 Å². The van der Waals surface area contributed by atoms with E-state index in [0.717, 1.165) is 37.2 Å².